The third-order valence-electron chi connectivity index (χ3n) is 5.84. The van der Waals surface area contributed by atoms with Gasteiger partial charge in [0.25, 0.3) is 0 Å². The zero-order valence-electron chi connectivity index (χ0n) is 13.8. The van der Waals surface area contributed by atoms with Gasteiger partial charge in [-0.05, 0) is 0 Å². The van der Waals surface area contributed by atoms with Crippen molar-refractivity contribution in [2.24, 2.45) is 0 Å². The fourth-order valence-electron chi connectivity index (χ4n) is 3.68. The van der Waals surface area contributed by atoms with Crippen LogP contribution in [-0.2, 0) is 0 Å². The molecule has 0 spiro atoms. The zero-order chi connectivity index (χ0) is 15.0. The first kappa shape index (κ1) is 14.9. The molecule has 0 aromatic carbocycles. The normalized spacial score (nSPS) is 37.2. The minimum atomic E-state index is 0.377. The van der Waals surface area contributed by atoms with E-state index in [4.69, 9.17) is 0 Å². The first-order chi connectivity index (χ1) is 9.14. The van der Waals surface area contributed by atoms with Gasteiger partial charge in [0.15, 0.2) is 0 Å². The Morgan fingerprint density at radius 2 is 0.850 bits per heavy atom. The summed E-state index contributed by atoms with van der Waals surface area (Å²) < 4.78 is 4.35. The van der Waals surface area contributed by atoms with Crippen molar-refractivity contribution in [3.63, 3.8) is 0 Å². The average molecular weight is 398 g/mol. The number of rotatable bonds is 0. The van der Waals surface area contributed by atoms with Crippen LogP contribution in [0.25, 0.3) is 0 Å². The van der Waals surface area contributed by atoms with Crippen LogP contribution in [0.2, 0.25) is 8.63 Å². The van der Waals surface area contributed by atoms with Crippen LogP contribution in [0.3, 0.4) is 0 Å². The molecule has 3 aliphatic rings. The molecule has 108 valence electrons. The van der Waals surface area contributed by atoms with Gasteiger partial charge < -0.3 is 0 Å². The first-order valence-electron chi connectivity index (χ1n) is 7.32. The van der Waals surface area contributed by atoms with Crippen molar-refractivity contribution in [3.05, 3.63) is 42.4 Å². The summed E-state index contributed by atoms with van der Waals surface area (Å²) >= 11 is 1.12. The summed E-state index contributed by atoms with van der Waals surface area (Å²) in [7, 11) is 0. The summed E-state index contributed by atoms with van der Waals surface area (Å²) in [6, 6.07) is 0. The molecule has 1 aliphatic heterocycles. The number of hydrogen-bond donors (Lipinski definition) is 0. The zero-order valence-corrected chi connectivity index (χ0v) is 17.2. The van der Waals surface area contributed by atoms with Crippen LogP contribution in [0.5, 0.6) is 0 Å². The third kappa shape index (κ3) is 1.55. The molecule has 0 aromatic rings. The van der Waals surface area contributed by atoms with E-state index in [0.717, 1.165) is 0 Å². The average Bonchev–Trinajstić information content (AvgIpc) is 2.67. The maximum absolute atomic E-state index is 2.52. The molecule has 0 amide bonds. The van der Waals surface area contributed by atoms with Gasteiger partial charge in [0.05, 0.1) is 0 Å². The fourth-order valence-corrected chi connectivity index (χ4v) is 12.3. The Hall–Kier alpha value is -0.00104. The van der Waals surface area contributed by atoms with Crippen molar-refractivity contribution < 1.29 is 0 Å². The second-order valence-corrected chi connectivity index (χ2v) is 12.7. The molecule has 3 rings (SSSR count). The molecule has 0 saturated carbocycles. The second-order valence-electron chi connectivity index (χ2n) is 6.68. The van der Waals surface area contributed by atoms with Gasteiger partial charge in [-0.2, -0.15) is 0 Å². The Labute approximate surface area is 136 Å². The van der Waals surface area contributed by atoms with Crippen molar-refractivity contribution in [2.75, 3.05) is 0 Å². The molecule has 0 unspecified atom stereocenters. The standard InChI is InChI=1S/C18H24Se2/c1-9-11(3)15-17(7,13(9)5)20-16-12(4)10(2)14(6)18(16,8)19-15/h1-8H3/t17-,18+. The van der Waals surface area contributed by atoms with Crippen molar-refractivity contribution in [2.45, 2.75) is 64.0 Å². The van der Waals surface area contributed by atoms with Gasteiger partial charge >= 0.3 is 136 Å². The van der Waals surface area contributed by atoms with Gasteiger partial charge in [0.2, 0.25) is 0 Å². The number of allylic oxidation sites excluding steroid dienone is 8. The molecule has 0 N–H and O–H groups in total. The van der Waals surface area contributed by atoms with Gasteiger partial charge in [-0.15, -0.1) is 0 Å². The molecule has 0 radical (unpaired) electrons. The fraction of sp³-hybridized carbons (Fsp3) is 0.556. The van der Waals surface area contributed by atoms with E-state index in [1.54, 1.807) is 42.4 Å². The Morgan fingerprint density at radius 1 is 0.550 bits per heavy atom. The molecule has 1 heterocycles. The summed E-state index contributed by atoms with van der Waals surface area (Å²) in [6.45, 7) is 19.2. The van der Waals surface area contributed by atoms with Crippen molar-refractivity contribution in [1.82, 2.24) is 0 Å². The van der Waals surface area contributed by atoms with Crippen LogP contribution >= 0.6 is 0 Å². The third-order valence-corrected chi connectivity index (χ3v) is 14.9. The van der Waals surface area contributed by atoms with Crippen molar-refractivity contribution >= 4 is 29.9 Å². The molecule has 1 fully saturated rings. The Morgan fingerprint density at radius 3 is 1.15 bits per heavy atom. The Kier molecular flexibility index (Phi) is 3.18. The van der Waals surface area contributed by atoms with E-state index in [2.05, 4.69) is 55.4 Å². The number of hydrogen-bond acceptors (Lipinski definition) is 0. The summed E-state index contributed by atoms with van der Waals surface area (Å²) in [5, 5.41) is 0. The molecule has 0 bridgehead atoms. The van der Waals surface area contributed by atoms with E-state index < -0.39 is 0 Å². The Bertz CT molecular complexity index is 599. The molecule has 0 nitrogen and oxygen atoms in total. The topological polar surface area (TPSA) is 0 Å². The van der Waals surface area contributed by atoms with Gasteiger partial charge in [-0.3, -0.25) is 0 Å². The summed E-state index contributed by atoms with van der Waals surface area (Å²) in [5.41, 5.74) is 9.68. The number of fused-ring (bicyclic) bond motifs is 2. The molecular weight excluding hydrogens is 374 g/mol. The SMILES string of the molecule is CC1=C(C)[C@]2(C)[Se]C3=C(C)C(C)=C(C)[C@@]3(C)[Se]C2=C1C. The van der Waals surface area contributed by atoms with Crippen LogP contribution in [-0.4, -0.2) is 29.9 Å². The molecule has 2 aliphatic carbocycles. The van der Waals surface area contributed by atoms with Crippen LogP contribution < -0.4 is 0 Å². The Balaban J connectivity index is 2.22. The van der Waals surface area contributed by atoms with Crippen LogP contribution in [0.4, 0.5) is 0 Å². The predicted octanol–water partition coefficient (Wildman–Crippen LogP) is 5.01. The van der Waals surface area contributed by atoms with E-state index in [1.165, 1.54) is 0 Å². The molecule has 2 heteroatoms. The van der Waals surface area contributed by atoms with E-state index in [9.17, 15) is 0 Å². The minimum absolute atomic E-state index is 0.377. The van der Waals surface area contributed by atoms with Gasteiger partial charge in [-0.25, -0.2) is 0 Å². The van der Waals surface area contributed by atoms with E-state index in [0.29, 0.717) is 38.5 Å². The van der Waals surface area contributed by atoms with Gasteiger partial charge in [0.1, 0.15) is 0 Å². The summed E-state index contributed by atoms with van der Waals surface area (Å²) in [4.78, 5) is 0. The van der Waals surface area contributed by atoms with Crippen LogP contribution in [0.15, 0.2) is 42.4 Å². The first-order valence-corrected chi connectivity index (χ1v) is 10.7. The predicted molar refractivity (Wildman–Crippen MR) is 90.4 cm³/mol. The van der Waals surface area contributed by atoms with Crippen molar-refractivity contribution in [3.8, 4) is 0 Å². The van der Waals surface area contributed by atoms with Gasteiger partial charge in [-0.1, -0.05) is 0 Å². The van der Waals surface area contributed by atoms with E-state index >= 15 is 0 Å². The molecule has 1 saturated heterocycles. The van der Waals surface area contributed by atoms with Crippen molar-refractivity contribution in [1.29, 1.82) is 0 Å². The molecule has 20 heavy (non-hydrogen) atoms. The second kappa shape index (κ2) is 4.26. The quantitative estimate of drug-likeness (QED) is 0.503. The van der Waals surface area contributed by atoms with Crippen LogP contribution in [0.1, 0.15) is 55.4 Å². The van der Waals surface area contributed by atoms with Crippen LogP contribution in [0, 0.1) is 0 Å². The molecular formula is C18H24Se2. The monoisotopic (exact) mass is 400 g/mol. The maximum atomic E-state index is 2.52. The van der Waals surface area contributed by atoms with E-state index in [-0.39, 0.29) is 0 Å². The molecule has 2 atom stereocenters. The van der Waals surface area contributed by atoms with Gasteiger partial charge in [0, 0.05) is 0 Å². The molecule has 0 aromatic heterocycles. The van der Waals surface area contributed by atoms with E-state index in [1.807, 2.05) is 0 Å². The summed E-state index contributed by atoms with van der Waals surface area (Å²) in [5.74, 6) is 0. The summed E-state index contributed by atoms with van der Waals surface area (Å²) in [6.07, 6.45) is 0.